The molecule has 0 aliphatic carbocycles. The van der Waals surface area contributed by atoms with E-state index in [1.165, 1.54) is 12.1 Å². The van der Waals surface area contributed by atoms with Crippen molar-refractivity contribution in [2.24, 2.45) is 0 Å². The van der Waals surface area contributed by atoms with E-state index in [1.807, 2.05) is 32.9 Å². The molecule has 0 saturated heterocycles. The van der Waals surface area contributed by atoms with Crippen LogP contribution in [0.5, 0.6) is 11.5 Å². The summed E-state index contributed by atoms with van der Waals surface area (Å²) in [6.45, 7) is 9.05. The minimum atomic E-state index is -0.274. The summed E-state index contributed by atoms with van der Waals surface area (Å²) in [7, 11) is 0. The molecule has 4 nitrogen and oxygen atoms in total. The molecule has 1 N–H and O–H groups in total. The van der Waals surface area contributed by atoms with Crippen LogP contribution < -0.4 is 14.8 Å². The number of halogens is 3. The summed E-state index contributed by atoms with van der Waals surface area (Å²) in [6, 6.07) is 10.00. The molecule has 0 aliphatic rings. The van der Waals surface area contributed by atoms with Gasteiger partial charge in [0.25, 0.3) is 0 Å². The van der Waals surface area contributed by atoms with Crippen LogP contribution >= 0.6 is 24.0 Å². The van der Waals surface area contributed by atoms with Crippen LogP contribution in [0.3, 0.4) is 0 Å². The second-order valence-corrected chi connectivity index (χ2v) is 7.11. The van der Waals surface area contributed by atoms with Crippen LogP contribution in [0.2, 0.25) is 5.02 Å². The number of hydrogen-bond acceptors (Lipinski definition) is 4. The molecule has 29 heavy (non-hydrogen) atoms. The van der Waals surface area contributed by atoms with Crippen LogP contribution in [-0.2, 0) is 17.9 Å². The molecule has 0 aromatic heterocycles. The number of nitrogens with one attached hydrogen (secondary N) is 1. The van der Waals surface area contributed by atoms with Gasteiger partial charge in [0, 0.05) is 13.2 Å². The molecule has 0 amide bonds. The highest BCUT2D eigenvalue weighted by molar-refractivity contribution is 6.32. The van der Waals surface area contributed by atoms with Crippen molar-refractivity contribution < 1.29 is 18.6 Å². The molecule has 2 rings (SSSR count). The van der Waals surface area contributed by atoms with Crippen molar-refractivity contribution in [3.63, 3.8) is 0 Å². The lowest BCUT2D eigenvalue weighted by atomic mass is 10.2. The molecule has 0 aliphatic heterocycles. The molecule has 0 bridgehead atoms. The van der Waals surface area contributed by atoms with Gasteiger partial charge < -0.3 is 19.5 Å². The highest BCUT2D eigenvalue weighted by atomic mass is 35.5. The van der Waals surface area contributed by atoms with E-state index in [9.17, 15) is 4.39 Å². The zero-order chi connectivity index (χ0) is 20.4. The predicted octanol–water partition coefficient (Wildman–Crippen LogP) is 5.78. The molecule has 0 fully saturated rings. The van der Waals surface area contributed by atoms with E-state index < -0.39 is 0 Å². The standard InChI is InChI=1S/C22H29ClFNO3.ClH/c1-4-26-21-13-18(14-25-10-5-11-27-16(2)3)12-20(23)22(21)28-15-17-6-8-19(24)9-7-17;/h6-9,12-13,16,25H,4-5,10-11,14-15H2,1-3H3;1H. The van der Waals surface area contributed by atoms with Crippen molar-refractivity contribution in [2.45, 2.75) is 46.4 Å². The average molecular weight is 446 g/mol. The van der Waals surface area contributed by atoms with Gasteiger partial charge in [0.2, 0.25) is 0 Å². The second-order valence-electron chi connectivity index (χ2n) is 6.70. The van der Waals surface area contributed by atoms with E-state index in [-0.39, 0.29) is 30.9 Å². The average Bonchev–Trinajstić information content (AvgIpc) is 2.65. The first-order chi connectivity index (χ1) is 13.5. The molecular formula is C22H30Cl2FNO3. The molecule has 0 spiro atoms. The summed E-state index contributed by atoms with van der Waals surface area (Å²) >= 11 is 6.45. The highest BCUT2D eigenvalue weighted by Crippen LogP contribution is 2.37. The Labute approximate surface area is 184 Å². The second kappa shape index (κ2) is 13.6. The van der Waals surface area contributed by atoms with E-state index in [4.69, 9.17) is 25.8 Å². The molecule has 0 atom stereocenters. The van der Waals surface area contributed by atoms with Crippen LogP contribution in [0.15, 0.2) is 36.4 Å². The Morgan fingerprint density at radius 3 is 2.45 bits per heavy atom. The molecular weight excluding hydrogens is 416 g/mol. The summed E-state index contributed by atoms with van der Waals surface area (Å²) in [5.41, 5.74) is 1.88. The third-order valence-corrected chi connectivity index (χ3v) is 4.22. The van der Waals surface area contributed by atoms with Crippen molar-refractivity contribution in [1.82, 2.24) is 5.32 Å². The molecule has 2 aromatic rings. The first-order valence-corrected chi connectivity index (χ1v) is 10.0. The van der Waals surface area contributed by atoms with E-state index in [1.54, 1.807) is 12.1 Å². The Kier molecular flexibility index (Phi) is 12.0. The summed E-state index contributed by atoms with van der Waals surface area (Å²) in [5.74, 6) is 0.836. The van der Waals surface area contributed by atoms with Gasteiger partial charge in [-0.05, 0) is 69.1 Å². The molecule has 162 valence electrons. The number of rotatable bonds is 12. The lowest BCUT2D eigenvalue weighted by molar-refractivity contribution is 0.0770. The van der Waals surface area contributed by atoms with Crippen molar-refractivity contribution in [3.8, 4) is 11.5 Å². The fraction of sp³-hybridized carbons (Fsp3) is 0.455. The maximum Gasteiger partial charge on any atom is 0.180 e. The smallest absolute Gasteiger partial charge is 0.180 e. The Hall–Kier alpha value is -1.53. The van der Waals surface area contributed by atoms with E-state index in [2.05, 4.69) is 5.32 Å². The topological polar surface area (TPSA) is 39.7 Å². The van der Waals surface area contributed by atoms with Gasteiger partial charge >= 0.3 is 0 Å². The maximum absolute atomic E-state index is 13.0. The van der Waals surface area contributed by atoms with Gasteiger partial charge in [0.15, 0.2) is 11.5 Å². The summed E-state index contributed by atoms with van der Waals surface area (Å²) in [6.07, 6.45) is 1.21. The van der Waals surface area contributed by atoms with Crippen LogP contribution in [0.25, 0.3) is 0 Å². The molecule has 2 aromatic carbocycles. The predicted molar refractivity (Wildman–Crippen MR) is 118 cm³/mol. The molecule has 0 radical (unpaired) electrons. The largest absolute Gasteiger partial charge is 0.490 e. The normalized spacial score (nSPS) is 10.7. The molecule has 0 unspecified atom stereocenters. The summed E-state index contributed by atoms with van der Waals surface area (Å²) < 4.78 is 30.2. The minimum Gasteiger partial charge on any atom is -0.490 e. The van der Waals surface area contributed by atoms with Crippen LogP contribution in [0.1, 0.15) is 38.3 Å². The zero-order valence-corrected chi connectivity index (χ0v) is 18.7. The van der Waals surface area contributed by atoms with Crippen molar-refractivity contribution in [1.29, 1.82) is 0 Å². The van der Waals surface area contributed by atoms with Gasteiger partial charge in [0.1, 0.15) is 12.4 Å². The Balaban J connectivity index is 0.00000420. The SMILES string of the molecule is CCOc1cc(CNCCCOC(C)C)cc(Cl)c1OCc1ccc(F)cc1.Cl. The van der Waals surface area contributed by atoms with Gasteiger partial charge in [-0.25, -0.2) is 4.39 Å². The molecule has 0 heterocycles. The number of ether oxygens (including phenoxy) is 3. The highest BCUT2D eigenvalue weighted by Gasteiger charge is 2.13. The third kappa shape index (κ3) is 9.22. The Morgan fingerprint density at radius 1 is 1.07 bits per heavy atom. The number of benzene rings is 2. The summed E-state index contributed by atoms with van der Waals surface area (Å²) in [5, 5.41) is 3.88. The third-order valence-electron chi connectivity index (χ3n) is 3.94. The first-order valence-electron chi connectivity index (χ1n) is 9.64. The van der Waals surface area contributed by atoms with Crippen LogP contribution in [0.4, 0.5) is 4.39 Å². The van der Waals surface area contributed by atoms with Gasteiger partial charge in [0.05, 0.1) is 17.7 Å². The molecule has 7 heteroatoms. The van der Waals surface area contributed by atoms with E-state index in [0.717, 1.165) is 30.7 Å². The maximum atomic E-state index is 13.0. The van der Waals surface area contributed by atoms with E-state index >= 15 is 0 Å². The van der Waals surface area contributed by atoms with E-state index in [0.29, 0.717) is 29.7 Å². The van der Waals surface area contributed by atoms with Gasteiger partial charge in [-0.2, -0.15) is 0 Å². The van der Waals surface area contributed by atoms with Gasteiger partial charge in [-0.3, -0.25) is 0 Å². The lowest BCUT2D eigenvalue weighted by Crippen LogP contribution is -2.17. The Bertz CT molecular complexity index is 727. The van der Waals surface area contributed by atoms with Crippen LogP contribution in [-0.4, -0.2) is 25.9 Å². The first kappa shape index (κ1) is 25.5. The monoisotopic (exact) mass is 445 g/mol. The Morgan fingerprint density at radius 2 is 1.79 bits per heavy atom. The quantitative estimate of drug-likeness (QED) is 0.420. The van der Waals surface area contributed by atoms with Crippen molar-refractivity contribution in [2.75, 3.05) is 19.8 Å². The number of hydrogen-bond donors (Lipinski definition) is 1. The van der Waals surface area contributed by atoms with Crippen LogP contribution in [0, 0.1) is 5.82 Å². The fourth-order valence-electron chi connectivity index (χ4n) is 2.61. The lowest BCUT2D eigenvalue weighted by Gasteiger charge is -2.16. The van der Waals surface area contributed by atoms with Gasteiger partial charge in [-0.15, -0.1) is 12.4 Å². The van der Waals surface area contributed by atoms with Crippen molar-refractivity contribution in [3.05, 3.63) is 58.4 Å². The zero-order valence-electron chi connectivity index (χ0n) is 17.2. The van der Waals surface area contributed by atoms with Gasteiger partial charge in [-0.1, -0.05) is 23.7 Å². The van der Waals surface area contributed by atoms with Crippen molar-refractivity contribution >= 4 is 24.0 Å². The molecule has 0 saturated carbocycles. The fourth-order valence-corrected chi connectivity index (χ4v) is 2.90. The minimum absolute atomic E-state index is 0. The summed E-state index contributed by atoms with van der Waals surface area (Å²) in [4.78, 5) is 0.